The normalized spacial score (nSPS) is 13.6. The first-order valence-electron chi connectivity index (χ1n) is 7.53. The molecule has 4 nitrogen and oxygen atoms in total. The Morgan fingerprint density at radius 1 is 1.27 bits per heavy atom. The van der Waals surface area contributed by atoms with Gasteiger partial charge in [-0.25, -0.2) is 4.79 Å². The second-order valence-electron chi connectivity index (χ2n) is 6.91. The Hall–Kier alpha value is -1.81. The van der Waals surface area contributed by atoms with Crippen molar-refractivity contribution in [1.29, 1.82) is 0 Å². The lowest BCUT2D eigenvalue weighted by Gasteiger charge is -2.35. The van der Waals surface area contributed by atoms with Crippen LogP contribution >= 0.6 is 0 Å². The minimum atomic E-state index is -0.326. The van der Waals surface area contributed by atoms with Crippen LogP contribution in [0.15, 0.2) is 33.5 Å². The highest BCUT2D eigenvalue weighted by Crippen LogP contribution is 2.27. The summed E-state index contributed by atoms with van der Waals surface area (Å²) in [5.74, 6) is 0.684. The van der Waals surface area contributed by atoms with Crippen LogP contribution in [-0.4, -0.2) is 25.1 Å². The van der Waals surface area contributed by atoms with Gasteiger partial charge in [0.15, 0.2) is 0 Å². The Bertz CT molecular complexity index is 712. The van der Waals surface area contributed by atoms with Gasteiger partial charge < -0.3 is 9.15 Å². The quantitative estimate of drug-likeness (QED) is 0.808. The van der Waals surface area contributed by atoms with Crippen molar-refractivity contribution in [2.24, 2.45) is 5.41 Å². The molecule has 0 N–H and O–H groups in total. The van der Waals surface area contributed by atoms with E-state index in [4.69, 9.17) is 9.15 Å². The lowest BCUT2D eigenvalue weighted by atomic mass is 9.87. The van der Waals surface area contributed by atoms with Gasteiger partial charge in [-0.15, -0.1) is 0 Å². The Morgan fingerprint density at radius 3 is 2.55 bits per heavy atom. The van der Waals surface area contributed by atoms with Gasteiger partial charge in [-0.1, -0.05) is 20.8 Å². The largest absolute Gasteiger partial charge is 0.497 e. The topological polar surface area (TPSA) is 42.7 Å². The molecule has 1 unspecified atom stereocenters. The van der Waals surface area contributed by atoms with E-state index >= 15 is 0 Å². The summed E-state index contributed by atoms with van der Waals surface area (Å²) in [5.41, 5.74) is 1.39. The average Bonchev–Trinajstić information content (AvgIpc) is 2.44. The Kier molecular flexibility index (Phi) is 4.61. The van der Waals surface area contributed by atoms with Crippen LogP contribution < -0.4 is 10.4 Å². The van der Waals surface area contributed by atoms with E-state index in [0.29, 0.717) is 23.9 Å². The molecule has 0 bridgehead atoms. The highest BCUT2D eigenvalue weighted by Gasteiger charge is 2.24. The predicted molar refractivity (Wildman–Crippen MR) is 89.4 cm³/mol. The summed E-state index contributed by atoms with van der Waals surface area (Å²) in [7, 11) is 3.68. The van der Waals surface area contributed by atoms with Crippen LogP contribution in [0.1, 0.15) is 33.3 Å². The number of methoxy groups -OCH3 is 1. The maximum Gasteiger partial charge on any atom is 0.336 e. The molecule has 1 atom stereocenters. The summed E-state index contributed by atoms with van der Waals surface area (Å²) < 4.78 is 10.5. The maximum atomic E-state index is 11.8. The van der Waals surface area contributed by atoms with E-state index in [1.807, 2.05) is 12.1 Å². The second-order valence-corrected chi connectivity index (χ2v) is 6.91. The number of hydrogen-bond acceptors (Lipinski definition) is 4. The molecule has 2 rings (SSSR count). The molecule has 0 aliphatic heterocycles. The summed E-state index contributed by atoms with van der Waals surface area (Å²) >= 11 is 0. The summed E-state index contributed by atoms with van der Waals surface area (Å²) in [6, 6.07) is 7.56. The number of nitrogens with zero attached hydrogens (tertiary/aromatic N) is 1. The van der Waals surface area contributed by atoms with E-state index < -0.39 is 0 Å². The van der Waals surface area contributed by atoms with Crippen molar-refractivity contribution < 1.29 is 9.15 Å². The fraction of sp³-hybridized carbons (Fsp3) is 0.500. The van der Waals surface area contributed by atoms with Crippen molar-refractivity contribution in [3.05, 3.63) is 40.2 Å². The third-order valence-corrected chi connectivity index (χ3v) is 4.37. The van der Waals surface area contributed by atoms with E-state index in [1.165, 1.54) is 0 Å². The summed E-state index contributed by atoms with van der Waals surface area (Å²) in [4.78, 5) is 14.1. The first-order chi connectivity index (χ1) is 10.2. The van der Waals surface area contributed by atoms with Crippen molar-refractivity contribution in [2.45, 2.75) is 40.3 Å². The van der Waals surface area contributed by atoms with Crippen LogP contribution in [0, 0.1) is 5.41 Å². The number of fused-ring (bicyclic) bond motifs is 1. The van der Waals surface area contributed by atoms with Crippen molar-refractivity contribution in [3.8, 4) is 5.75 Å². The Labute approximate surface area is 131 Å². The van der Waals surface area contributed by atoms with Crippen molar-refractivity contribution in [1.82, 2.24) is 4.90 Å². The van der Waals surface area contributed by atoms with E-state index in [1.54, 1.807) is 19.2 Å². The molecule has 4 heteroatoms. The van der Waals surface area contributed by atoms with Gasteiger partial charge in [0.2, 0.25) is 0 Å². The summed E-state index contributed by atoms with van der Waals surface area (Å²) in [6.45, 7) is 9.56. The van der Waals surface area contributed by atoms with Gasteiger partial charge in [-0.2, -0.15) is 0 Å². The lowest BCUT2D eigenvalue weighted by Crippen LogP contribution is -2.38. The molecule has 0 fully saturated rings. The number of benzene rings is 1. The molecule has 22 heavy (non-hydrogen) atoms. The summed E-state index contributed by atoms with van der Waals surface area (Å²) in [6.07, 6.45) is 0. The molecular formula is C18H25NO3. The van der Waals surface area contributed by atoms with Crippen LogP contribution in [0.3, 0.4) is 0 Å². The second kappa shape index (κ2) is 6.13. The third-order valence-electron chi connectivity index (χ3n) is 4.37. The van der Waals surface area contributed by atoms with Crippen molar-refractivity contribution >= 4 is 11.0 Å². The molecule has 1 aromatic carbocycles. The van der Waals surface area contributed by atoms with E-state index in [2.05, 4.69) is 39.6 Å². The minimum Gasteiger partial charge on any atom is -0.497 e. The van der Waals surface area contributed by atoms with Crippen molar-refractivity contribution in [2.75, 3.05) is 14.2 Å². The van der Waals surface area contributed by atoms with Crippen LogP contribution in [0.5, 0.6) is 5.75 Å². The van der Waals surface area contributed by atoms with Gasteiger partial charge in [0.05, 0.1) is 7.11 Å². The van der Waals surface area contributed by atoms with Gasteiger partial charge in [0.25, 0.3) is 0 Å². The molecular weight excluding hydrogens is 278 g/mol. The molecule has 1 aromatic heterocycles. The fourth-order valence-corrected chi connectivity index (χ4v) is 2.53. The first-order valence-corrected chi connectivity index (χ1v) is 7.53. The Balaban J connectivity index is 2.41. The van der Waals surface area contributed by atoms with E-state index in [9.17, 15) is 4.79 Å². The fourth-order valence-electron chi connectivity index (χ4n) is 2.53. The van der Waals surface area contributed by atoms with Gasteiger partial charge >= 0.3 is 5.63 Å². The number of ether oxygens (including phenoxy) is 1. The smallest absolute Gasteiger partial charge is 0.336 e. The minimum absolute atomic E-state index is 0.174. The number of rotatable bonds is 4. The van der Waals surface area contributed by atoms with Gasteiger partial charge in [-0.3, -0.25) is 4.90 Å². The summed E-state index contributed by atoms with van der Waals surface area (Å²) in [5, 5.41) is 0.952. The molecule has 0 saturated carbocycles. The molecule has 0 radical (unpaired) electrons. The zero-order valence-corrected chi connectivity index (χ0v) is 14.3. The Morgan fingerprint density at radius 2 is 1.95 bits per heavy atom. The highest BCUT2D eigenvalue weighted by atomic mass is 16.5. The first kappa shape index (κ1) is 16.6. The SMILES string of the molecule is COc1ccc2c(CN(C)C(C)C(C)(C)C)cc(=O)oc2c1. The highest BCUT2D eigenvalue weighted by molar-refractivity contribution is 5.81. The van der Waals surface area contributed by atoms with Crippen molar-refractivity contribution in [3.63, 3.8) is 0 Å². The molecule has 0 aliphatic carbocycles. The maximum absolute atomic E-state index is 11.8. The van der Waals surface area contributed by atoms with Gasteiger partial charge in [0.1, 0.15) is 11.3 Å². The van der Waals surface area contributed by atoms with Gasteiger partial charge in [-0.05, 0) is 37.1 Å². The van der Waals surface area contributed by atoms with Crippen LogP contribution in [-0.2, 0) is 6.54 Å². The standard InChI is InChI=1S/C18H25NO3/c1-12(18(2,3)4)19(5)11-13-9-17(20)22-16-10-14(21-6)7-8-15(13)16/h7-10,12H,11H2,1-6H3. The third kappa shape index (κ3) is 3.50. The average molecular weight is 303 g/mol. The zero-order valence-electron chi connectivity index (χ0n) is 14.3. The van der Waals surface area contributed by atoms with E-state index in [-0.39, 0.29) is 11.0 Å². The molecule has 1 heterocycles. The van der Waals surface area contributed by atoms with Crippen LogP contribution in [0.2, 0.25) is 0 Å². The van der Waals surface area contributed by atoms with Crippen LogP contribution in [0.4, 0.5) is 0 Å². The number of hydrogen-bond donors (Lipinski definition) is 0. The molecule has 2 aromatic rings. The zero-order chi connectivity index (χ0) is 16.5. The monoisotopic (exact) mass is 303 g/mol. The molecule has 0 spiro atoms. The lowest BCUT2D eigenvalue weighted by molar-refractivity contribution is 0.135. The molecule has 120 valence electrons. The molecule has 0 aliphatic rings. The molecule has 0 amide bonds. The molecule has 0 saturated heterocycles. The van der Waals surface area contributed by atoms with E-state index in [0.717, 1.165) is 10.9 Å². The van der Waals surface area contributed by atoms with Crippen LogP contribution in [0.25, 0.3) is 11.0 Å². The van der Waals surface area contributed by atoms with Gasteiger partial charge in [0, 0.05) is 30.1 Å². The predicted octanol–water partition coefficient (Wildman–Crippen LogP) is 3.67.